The van der Waals surface area contributed by atoms with Gasteiger partial charge in [0.15, 0.2) is 0 Å². The highest BCUT2D eigenvalue weighted by Crippen LogP contribution is 2.05. The topological polar surface area (TPSA) is 111 Å². The zero-order valence-electron chi connectivity index (χ0n) is 17.4. The van der Waals surface area contributed by atoms with Crippen molar-refractivity contribution in [3.63, 3.8) is 0 Å². The molecule has 0 bridgehead atoms. The molecule has 0 saturated heterocycles. The van der Waals surface area contributed by atoms with Crippen LogP contribution in [0.2, 0.25) is 0 Å². The van der Waals surface area contributed by atoms with E-state index in [1.54, 1.807) is 0 Å². The van der Waals surface area contributed by atoms with Crippen LogP contribution in [0.5, 0.6) is 0 Å². The Bertz CT molecular complexity index is 501. The lowest BCUT2D eigenvalue weighted by molar-refractivity contribution is -0.154. The number of rotatable bonds is 15. The summed E-state index contributed by atoms with van der Waals surface area (Å²) in [7, 11) is 0. The summed E-state index contributed by atoms with van der Waals surface area (Å²) in [6.07, 6.45) is 5.13. The quantitative estimate of drug-likeness (QED) is 0.308. The number of hydrogen-bond donors (Lipinski definition) is 2. The van der Waals surface area contributed by atoms with Gasteiger partial charge in [0, 0.05) is 6.92 Å². The molecule has 0 aliphatic carbocycles. The van der Waals surface area contributed by atoms with Gasteiger partial charge in [-0.15, -0.1) is 0 Å². The van der Waals surface area contributed by atoms with Crippen LogP contribution in [0.15, 0.2) is 0 Å². The number of hydrogen-bond acceptors (Lipinski definition) is 7. The molecule has 0 spiro atoms. The first-order chi connectivity index (χ1) is 13.3. The van der Waals surface area contributed by atoms with Gasteiger partial charge >= 0.3 is 11.9 Å². The number of nitrogens with one attached hydrogen (secondary N) is 2. The molecule has 2 N–H and O–H groups in total. The molecule has 0 aliphatic rings. The maximum Gasteiger partial charge on any atom is 0.329 e. The third kappa shape index (κ3) is 12.6. The Balaban J connectivity index is 5.02. The predicted molar refractivity (Wildman–Crippen MR) is 109 cm³/mol. The molecule has 9 heteroatoms. The van der Waals surface area contributed by atoms with Crippen LogP contribution in [0.3, 0.4) is 0 Å². The molecule has 0 fully saturated rings. The first kappa shape index (κ1) is 26.2. The van der Waals surface area contributed by atoms with E-state index in [1.165, 1.54) is 18.7 Å². The van der Waals surface area contributed by atoms with Crippen LogP contribution in [0.4, 0.5) is 0 Å². The standard InChI is InChI=1S/C19H34N2O6S/c1-5-7-10-26-17(23)13-16(19(25)27-11-8-6-2)21-18(24)15(9-12-28-4)20-14(3)22/h15-16H,5-13H2,1-4H3,(H,20,22)(H,21,24)/t15-,16-/m0/s1. The van der Waals surface area contributed by atoms with Gasteiger partial charge in [0.25, 0.3) is 0 Å². The molecule has 0 aromatic carbocycles. The summed E-state index contributed by atoms with van der Waals surface area (Å²) in [6, 6.07) is -1.93. The van der Waals surface area contributed by atoms with E-state index in [1.807, 2.05) is 20.1 Å². The van der Waals surface area contributed by atoms with Crippen molar-refractivity contribution in [1.82, 2.24) is 10.6 Å². The van der Waals surface area contributed by atoms with E-state index >= 15 is 0 Å². The second kappa shape index (κ2) is 16.2. The largest absolute Gasteiger partial charge is 0.466 e. The highest BCUT2D eigenvalue weighted by atomic mass is 32.2. The number of ether oxygens (including phenoxy) is 2. The molecule has 28 heavy (non-hydrogen) atoms. The fourth-order valence-corrected chi connectivity index (χ4v) is 2.66. The Morgan fingerprint density at radius 3 is 2.07 bits per heavy atom. The second-order valence-corrected chi connectivity index (χ2v) is 7.38. The molecular formula is C19H34N2O6S. The average Bonchev–Trinajstić information content (AvgIpc) is 2.64. The summed E-state index contributed by atoms with van der Waals surface area (Å²) < 4.78 is 10.3. The summed E-state index contributed by atoms with van der Waals surface area (Å²) in [5, 5.41) is 5.11. The minimum atomic E-state index is -1.15. The van der Waals surface area contributed by atoms with Crippen LogP contribution in [-0.4, -0.2) is 61.1 Å². The molecule has 162 valence electrons. The third-order valence-electron chi connectivity index (χ3n) is 3.78. The molecule has 0 radical (unpaired) electrons. The molecule has 0 aromatic heterocycles. The molecule has 0 rings (SSSR count). The third-order valence-corrected chi connectivity index (χ3v) is 4.42. The van der Waals surface area contributed by atoms with Crippen molar-refractivity contribution in [2.24, 2.45) is 0 Å². The predicted octanol–water partition coefficient (Wildman–Crippen LogP) is 1.81. The van der Waals surface area contributed by atoms with Crippen LogP contribution >= 0.6 is 11.8 Å². The van der Waals surface area contributed by atoms with Crippen molar-refractivity contribution in [3.8, 4) is 0 Å². The van der Waals surface area contributed by atoms with Gasteiger partial charge in [-0.2, -0.15) is 11.8 Å². The first-order valence-corrected chi connectivity index (χ1v) is 11.1. The van der Waals surface area contributed by atoms with E-state index in [9.17, 15) is 19.2 Å². The van der Waals surface area contributed by atoms with Gasteiger partial charge in [-0.25, -0.2) is 4.79 Å². The molecule has 0 unspecified atom stereocenters. The molecule has 0 heterocycles. The van der Waals surface area contributed by atoms with Crippen LogP contribution in [-0.2, 0) is 28.7 Å². The summed E-state index contributed by atoms with van der Waals surface area (Å²) in [4.78, 5) is 48.3. The van der Waals surface area contributed by atoms with Crippen LogP contribution in [0.25, 0.3) is 0 Å². The highest BCUT2D eigenvalue weighted by molar-refractivity contribution is 7.98. The molecule has 0 saturated carbocycles. The van der Waals surface area contributed by atoms with E-state index in [0.29, 0.717) is 18.6 Å². The van der Waals surface area contributed by atoms with Crippen molar-refractivity contribution in [2.75, 3.05) is 25.2 Å². The molecule has 2 atom stereocenters. The van der Waals surface area contributed by atoms with Gasteiger partial charge in [-0.3, -0.25) is 14.4 Å². The summed E-state index contributed by atoms with van der Waals surface area (Å²) >= 11 is 1.54. The molecule has 2 amide bonds. The number of amides is 2. The van der Waals surface area contributed by atoms with Crippen molar-refractivity contribution >= 4 is 35.5 Å². The number of carbonyl (C=O) groups excluding carboxylic acids is 4. The monoisotopic (exact) mass is 418 g/mol. The van der Waals surface area contributed by atoms with Gasteiger partial charge in [-0.05, 0) is 31.3 Å². The Hall–Kier alpha value is -1.77. The Morgan fingerprint density at radius 2 is 1.54 bits per heavy atom. The smallest absolute Gasteiger partial charge is 0.329 e. The molecular weight excluding hydrogens is 384 g/mol. The fraction of sp³-hybridized carbons (Fsp3) is 0.789. The van der Waals surface area contributed by atoms with Crippen LogP contribution in [0, 0.1) is 0 Å². The minimum Gasteiger partial charge on any atom is -0.466 e. The average molecular weight is 419 g/mol. The molecule has 0 aliphatic heterocycles. The highest BCUT2D eigenvalue weighted by Gasteiger charge is 2.29. The summed E-state index contributed by atoms with van der Waals surface area (Å²) in [5.74, 6) is -1.47. The van der Waals surface area contributed by atoms with Crippen molar-refractivity contribution in [3.05, 3.63) is 0 Å². The van der Waals surface area contributed by atoms with E-state index < -0.39 is 29.9 Å². The van der Waals surface area contributed by atoms with Gasteiger partial charge in [-0.1, -0.05) is 26.7 Å². The van der Waals surface area contributed by atoms with Gasteiger partial charge < -0.3 is 20.1 Å². The molecule has 0 aromatic rings. The van der Waals surface area contributed by atoms with E-state index in [2.05, 4.69) is 10.6 Å². The van der Waals surface area contributed by atoms with Crippen molar-refractivity contribution in [1.29, 1.82) is 0 Å². The minimum absolute atomic E-state index is 0.216. The Kier molecular flexibility index (Phi) is 15.2. The van der Waals surface area contributed by atoms with E-state index in [4.69, 9.17) is 9.47 Å². The summed E-state index contributed by atoms with van der Waals surface area (Å²) in [6.45, 7) is 5.74. The number of esters is 2. The maximum absolute atomic E-state index is 12.6. The first-order valence-electron chi connectivity index (χ1n) is 9.74. The van der Waals surface area contributed by atoms with Crippen molar-refractivity contribution < 1.29 is 28.7 Å². The fourth-order valence-electron chi connectivity index (χ4n) is 2.19. The van der Waals surface area contributed by atoms with Crippen molar-refractivity contribution in [2.45, 2.75) is 71.4 Å². The Labute approximate surface area is 171 Å². The van der Waals surface area contributed by atoms with Gasteiger partial charge in [0.2, 0.25) is 11.8 Å². The zero-order chi connectivity index (χ0) is 21.4. The lowest BCUT2D eigenvalue weighted by Gasteiger charge is -2.22. The second-order valence-electron chi connectivity index (χ2n) is 6.39. The van der Waals surface area contributed by atoms with E-state index in [-0.39, 0.29) is 25.5 Å². The van der Waals surface area contributed by atoms with E-state index in [0.717, 1.165) is 19.3 Å². The Morgan fingerprint density at radius 1 is 0.929 bits per heavy atom. The van der Waals surface area contributed by atoms with Crippen LogP contribution < -0.4 is 10.6 Å². The lowest BCUT2D eigenvalue weighted by Crippen LogP contribution is -2.52. The van der Waals surface area contributed by atoms with Gasteiger partial charge in [0.1, 0.15) is 12.1 Å². The number of thioether (sulfide) groups is 1. The van der Waals surface area contributed by atoms with Gasteiger partial charge in [0.05, 0.1) is 19.6 Å². The zero-order valence-corrected chi connectivity index (χ0v) is 18.2. The normalized spacial score (nSPS) is 12.6. The number of unbranched alkanes of at least 4 members (excludes halogenated alkanes) is 2. The van der Waals surface area contributed by atoms with Crippen LogP contribution in [0.1, 0.15) is 59.3 Å². The number of carbonyl (C=O) groups is 4. The maximum atomic E-state index is 12.6. The molecule has 8 nitrogen and oxygen atoms in total. The summed E-state index contributed by atoms with van der Waals surface area (Å²) in [5.41, 5.74) is 0. The lowest BCUT2D eigenvalue weighted by atomic mass is 10.1. The SMILES string of the molecule is CCCCOC(=O)C[C@H](NC(=O)[C@H](CCSC)NC(C)=O)C(=O)OCCCC.